The van der Waals surface area contributed by atoms with E-state index in [0.717, 1.165) is 17.5 Å². The Bertz CT molecular complexity index is 1010. The zero-order valence-corrected chi connectivity index (χ0v) is 21.7. The van der Waals surface area contributed by atoms with Crippen LogP contribution >= 0.6 is 0 Å². The summed E-state index contributed by atoms with van der Waals surface area (Å²) in [6, 6.07) is 14.1. The second-order valence-corrected chi connectivity index (χ2v) is 9.96. The van der Waals surface area contributed by atoms with Crippen molar-refractivity contribution in [1.29, 1.82) is 0 Å². The van der Waals surface area contributed by atoms with E-state index in [0.29, 0.717) is 19.4 Å². The minimum atomic E-state index is -0.539. The Balaban J connectivity index is 0.00000167. The summed E-state index contributed by atoms with van der Waals surface area (Å²) < 4.78 is 19.0. The lowest BCUT2D eigenvalue weighted by atomic mass is 9.85. The molecular formula is C28H38FN3O3. The van der Waals surface area contributed by atoms with Gasteiger partial charge in [-0.1, -0.05) is 50.2 Å². The van der Waals surface area contributed by atoms with E-state index in [4.69, 9.17) is 4.74 Å². The van der Waals surface area contributed by atoms with Crippen LogP contribution in [-0.2, 0) is 11.2 Å². The van der Waals surface area contributed by atoms with Crippen molar-refractivity contribution in [1.82, 2.24) is 15.1 Å². The van der Waals surface area contributed by atoms with E-state index in [1.54, 1.807) is 24.1 Å². The van der Waals surface area contributed by atoms with Crippen molar-refractivity contribution in [2.45, 2.75) is 77.6 Å². The summed E-state index contributed by atoms with van der Waals surface area (Å²) >= 11 is 0. The number of fused-ring (bicyclic) bond motifs is 1. The molecule has 1 N–H and O–H groups in total. The molecule has 7 heteroatoms. The molecule has 35 heavy (non-hydrogen) atoms. The number of halogens is 1. The molecule has 0 spiro atoms. The van der Waals surface area contributed by atoms with Crippen molar-refractivity contribution < 1.29 is 18.7 Å². The molecule has 2 aromatic carbocycles. The van der Waals surface area contributed by atoms with Gasteiger partial charge in [-0.2, -0.15) is 0 Å². The summed E-state index contributed by atoms with van der Waals surface area (Å²) in [4.78, 5) is 29.0. The lowest BCUT2D eigenvalue weighted by Gasteiger charge is -2.43. The van der Waals surface area contributed by atoms with Crippen LogP contribution in [0.4, 0.5) is 14.0 Å². The molecule has 1 aliphatic carbocycles. The van der Waals surface area contributed by atoms with Crippen LogP contribution < -0.4 is 5.32 Å². The van der Waals surface area contributed by atoms with Crippen LogP contribution in [0.15, 0.2) is 48.5 Å². The summed E-state index contributed by atoms with van der Waals surface area (Å²) in [5.74, 6) is -0.298. The molecule has 2 aliphatic rings. The molecule has 6 nitrogen and oxygen atoms in total. The fraction of sp³-hybridized carbons (Fsp3) is 0.500. The maximum absolute atomic E-state index is 13.6. The average Bonchev–Trinajstić information content (AvgIpc) is 2.80. The average molecular weight is 484 g/mol. The Morgan fingerprint density at radius 2 is 1.69 bits per heavy atom. The molecule has 1 fully saturated rings. The van der Waals surface area contributed by atoms with Crippen LogP contribution in [0.3, 0.4) is 0 Å². The number of amides is 3. The number of rotatable bonds is 3. The Kier molecular flexibility index (Phi) is 8.41. The molecule has 0 aromatic heterocycles. The highest BCUT2D eigenvalue weighted by molar-refractivity contribution is 5.76. The predicted octanol–water partition coefficient (Wildman–Crippen LogP) is 5.91. The number of hydrogen-bond donors (Lipinski definition) is 1. The zero-order valence-electron chi connectivity index (χ0n) is 21.7. The summed E-state index contributed by atoms with van der Waals surface area (Å²) in [6.07, 6.45) is 1.80. The molecule has 1 saturated carbocycles. The maximum atomic E-state index is 13.6. The summed E-state index contributed by atoms with van der Waals surface area (Å²) in [6.45, 7) is 10.1. The molecule has 1 atom stereocenters. The van der Waals surface area contributed by atoms with Gasteiger partial charge in [-0.05, 0) is 68.9 Å². The zero-order chi connectivity index (χ0) is 25.8. The first kappa shape index (κ1) is 26.5. The predicted molar refractivity (Wildman–Crippen MR) is 136 cm³/mol. The first-order chi connectivity index (χ1) is 16.6. The first-order valence-corrected chi connectivity index (χ1v) is 12.5. The van der Waals surface area contributed by atoms with Crippen molar-refractivity contribution >= 4 is 12.1 Å². The van der Waals surface area contributed by atoms with Gasteiger partial charge in [-0.3, -0.25) is 0 Å². The van der Waals surface area contributed by atoms with Gasteiger partial charge in [0, 0.05) is 25.7 Å². The Morgan fingerprint density at radius 1 is 1.06 bits per heavy atom. The van der Waals surface area contributed by atoms with E-state index in [1.165, 1.54) is 17.7 Å². The van der Waals surface area contributed by atoms with Gasteiger partial charge in [-0.15, -0.1) is 0 Å². The lowest BCUT2D eigenvalue weighted by molar-refractivity contribution is 0.0107. The van der Waals surface area contributed by atoms with Crippen molar-refractivity contribution in [3.8, 4) is 0 Å². The van der Waals surface area contributed by atoms with Gasteiger partial charge in [0.2, 0.25) is 0 Å². The van der Waals surface area contributed by atoms with Gasteiger partial charge >= 0.3 is 12.1 Å². The number of nitrogens with one attached hydrogen (secondary N) is 1. The fourth-order valence-electron chi connectivity index (χ4n) is 4.55. The minimum Gasteiger partial charge on any atom is -0.444 e. The first-order valence-electron chi connectivity index (χ1n) is 12.5. The van der Waals surface area contributed by atoms with Crippen LogP contribution in [0.25, 0.3) is 0 Å². The van der Waals surface area contributed by atoms with E-state index in [1.807, 2.05) is 57.7 Å². The SMILES string of the molecule is CC.CN(C(=O)OC(C)(C)C)C1CC(NC(=O)N2CCc3ccccc3[C@@H]2c2ccc(F)cc2)C1. The number of urea groups is 1. The van der Waals surface area contributed by atoms with Gasteiger partial charge in [0.1, 0.15) is 11.4 Å². The Morgan fingerprint density at radius 3 is 2.31 bits per heavy atom. The molecule has 0 saturated heterocycles. The lowest BCUT2D eigenvalue weighted by Crippen LogP contribution is -2.57. The molecule has 0 bridgehead atoms. The number of carbonyl (C=O) groups is 2. The third-order valence-corrected chi connectivity index (χ3v) is 6.40. The number of benzene rings is 2. The van der Waals surface area contributed by atoms with Crippen LogP contribution in [0, 0.1) is 5.82 Å². The van der Waals surface area contributed by atoms with Crippen LogP contribution in [0.2, 0.25) is 0 Å². The van der Waals surface area contributed by atoms with Crippen molar-refractivity contribution in [2.75, 3.05) is 13.6 Å². The number of ether oxygens (including phenoxy) is 1. The van der Waals surface area contributed by atoms with Crippen molar-refractivity contribution in [3.63, 3.8) is 0 Å². The highest BCUT2D eigenvalue weighted by Gasteiger charge is 2.39. The maximum Gasteiger partial charge on any atom is 0.410 e. The van der Waals surface area contributed by atoms with Gasteiger partial charge in [0.05, 0.1) is 6.04 Å². The van der Waals surface area contributed by atoms with E-state index < -0.39 is 5.60 Å². The van der Waals surface area contributed by atoms with E-state index in [2.05, 4.69) is 11.4 Å². The molecule has 1 aliphatic heterocycles. The number of carbonyl (C=O) groups excluding carboxylic acids is 2. The highest BCUT2D eigenvalue weighted by atomic mass is 19.1. The fourth-order valence-corrected chi connectivity index (χ4v) is 4.55. The largest absolute Gasteiger partial charge is 0.444 e. The van der Waals surface area contributed by atoms with Crippen molar-refractivity contribution in [3.05, 3.63) is 71.0 Å². The van der Waals surface area contributed by atoms with Crippen LogP contribution in [0.1, 0.15) is 70.2 Å². The number of hydrogen-bond acceptors (Lipinski definition) is 3. The monoisotopic (exact) mass is 483 g/mol. The normalized spacial score (nSPS) is 21.0. The Hall–Kier alpha value is -3.09. The molecule has 3 amide bonds. The molecular weight excluding hydrogens is 445 g/mol. The number of nitrogens with zero attached hydrogens (tertiary/aromatic N) is 2. The second-order valence-electron chi connectivity index (χ2n) is 9.96. The van der Waals surface area contributed by atoms with Gasteiger partial charge in [-0.25, -0.2) is 14.0 Å². The summed E-state index contributed by atoms with van der Waals surface area (Å²) in [7, 11) is 1.74. The van der Waals surface area contributed by atoms with E-state index in [9.17, 15) is 14.0 Å². The highest BCUT2D eigenvalue weighted by Crippen LogP contribution is 2.36. The third kappa shape index (κ3) is 6.32. The molecule has 0 radical (unpaired) electrons. The smallest absolute Gasteiger partial charge is 0.410 e. The molecule has 4 rings (SSSR count). The third-order valence-electron chi connectivity index (χ3n) is 6.40. The standard InChI is InChI=1S/C26H32FN3O3.C2H6/c1-26(2,3)33-25(32)29(4)21-15-20(16-21)28-24(31)30-14-13-17-7-5-6-8-22(17)23(30)18-9-11-19(27)12-10-18;1-2/h5-12,20-21,23H,13-16H2,1-4H3,(H,28,31);1-2H3/t20?,21?,23-;/m0./s1. The van der Waals surface area contributed by atoms with Crippen LogP contribution in [0.5, 0.6) is 0 Å². The summed E-state index contributed by atoms with van der Waals surface area (Å²) in [5, 5.41) is 3.13. The summed E-state index contributed by atoms with van der Waals surface area (Å²) in [5.41, 5.74) is 2.62. The quantitative estimate of drug-likeness (QED) is 0.591. The van der Waals surface area contributed by atoms with Crippen LogP contribution in [-0.4, -0.2) is 53.2 Å². The van der Waals surface area contributed by atoms with Gasteiger partial charge in [0.15, 0.2) is 0 Å². The van der Waals surface area contributed by atoms with Gasteiger partial charge in [0.25, 0.3) is 0 Å². The molecule has 0 unspecified atom stereocenters. The van der Waals surface area contributed by atoms with Crippen molar-refractivity contribution in [2.24, 2.45) is 0 Å². The molecule has 2 aromatic rings. The second kappa shape index (κ2) is 11.1. The van der Waals surface area contributed by atoms with E-state index >= 15 is 0 Å². The van der Waals surface area contributed by atoms with Gasteiger partial charge < -0.3 is 19.9 Å². The topological polar surface area (TPSA) is 61.9 Å². The molecule has 190 valence electrons. The minimum absolute atomic E-state index is 0.00146. The molecule has 1 heterocycles. The Labute approximate surface area is 208 Å². The van der Waals surface area contributed by atoms with E-state index in [-0.39, 0.29) is 36.1 Å².